The van der Waals surface area contributed by atoms with Crippen molar-refractivity contribution in [2.75, 3.05) is 13.1 Å². The molecule has 1 aliphatic carbocycles. The van der Waals surface area contributed by atoms with Gasteiger partial charge >= 0.3 is 0 Å². The Kier molecular flexibility index (Phi) is 2.77. The molecule has 2 fully saturated rings. The molecule has 0 bridgehead atoms. The summed E-state index contributed by atoms with van der Waals surface area (Å²) in [5, 5.41) is 6.50. The van der Waals surface area contributed by atoms with E-state index in [2.05, 4.69) is 17.6 Å². The quantitative estimate of drug-likeness (QED) is 0.708. The zero-order chi connectivity index (χ0) is 10.0. The highest BCUT2D eigenvalue weighted by Gasteiger charge is 2.48. The van der Waals surface area contributed by atoms with E-state index in [9.17, 15) is 4.79 Å². The SMILES string of the molecule is CCC1(C(=O)NC2CCNCC2)CC1. The number of hydrogen-bond acceptors (Lipinski definition) is 2. The van der Waals surface area contributed by atoms with E-state index in [1.54, 1.807) is 0 Å². The number of amides is 1. The molecule has 0 aromatic rings. The highest BCUT2D eigenvalue weighted by molar-refractivity contribution is 5.85. The van der Waals surface area contributed by atoms with E-state index >= 15 is 0 Å². The number of rotatable bonds is 3. The lowest BCUT2D eigenvalue weighted by atomic mass is 10.0. The maximum atomic E-state index is 11.9. The summed E-state index contributed by atoms with van der Waals surface area (Å²) in [5.74, 6) is 0.312. The Labute approximate surface area is 85.6 Å². The minimum atomic E-state index is 0.0326. The first kappa shape index (κ1) is 9.97. The van der Waals surface area contributed by atoms with E-state index in [0.29, 0.717) is 11.9 Å². The standard InChI is InChI=1S/C11H20N2O/c1-2-11(5-6-11)10(14)13-9-3-7-12-8-4-9/h9,12H,2-8H2,1H3,(H,13,14). The van der Waals surface area contributed by atoms with Gasteiger partial charge in [-0.25, -0.2) is 0 Å². The second-order valence-electron chi connectivity index (χ2n) is 4.63. The van der Waals surface area contributed by atoms with Crippen LogP contribution in [-0.4, -0.2) is 25.0 Å². The maximum absolute atomic E-state index is 11.9. The van der Waals surface area contributed by atoms with Crippen LogP contribution in [0.15, 0.2) is 0 Å². The van der Waals surface area contributed by atoms with Gasteiger partial charge in [0.1, 0.15) is 0 Å². The smallest absolute Gasteiger partial charge is 0.226 e. The van der Waals surface area contributed by atoms with Gasteiger partial charge in [-0.3, -0.25) is 4.79 Å². The number of piperidine rings is 1. The molecular formula is C11H20N2O. The van der Waals surface area contributed by atoms with Crippen LogP contribution in [0.4, 0.5) is 0 Å². The molecule has 14 heavy (non-hydrogen) atoms. The van der Waals surface area contributed by atoms with Crippen LogP contribution in [0.1, 0.15) is 39.0 Å². The molecule has 2 aliphatic rings. The molecule has 1 saturated heterocycles. The van der Waals surface area contributed by atoms with Gasteiger partial charge < -0.3 is 10.6 Å². The summed E-state index contributed by atoms with van der Waals surface area (Å²) in [6.07, 6.45) is 5.38. The first-order chi connectivity index (χ1) is 6.77. The zero-order valence-electron chi connectivity index (χ0n) is 8.94. The van der Waals surface area contributed by atoms with E-state index in [4.69, 9.17) is 0 Å². The molecule has 0 aromatic heterocycles. The Hall–Kier alpha value is -0.570. The zero-order valence-corrected chi connectivity index (χ0v) is 8.94. The van der Waals surface area contributed by atoms with Crippen LogP contribution in [0.2, 0.25) is 0 Å². The molecule has 1 amide bonds. The molecule has 1 aliphatic heterocycles. The Balaban J connectivity index is 1.81. The third-order valence-corrected chi connectivity index (χ3v) is 3.69. The summed E-state index contributed by atoms with van der Waals surface area (Å²) >= 11 is 0. The number of carbonyl (C=O) groups is 1. The van der Waals surface area contributed by atoms with Gasteiger partial charge in [-0.1, -0.05) is 6.92 Å². The van der Waals surface area contributed by atoms with Gasteiger partial charge in [0.05, 0.1) is 0 Å². The largest absolute Gasteiger partial charge is 0.353 e. The lowest BCUT2D eigenvalue weighted by Gasteiger charge is -2.25. The molecular weight excluding hydrogens is 176 g/mol. The Morgan fingerprint density at radius 2 is 2.07 bits per heavy atom. The summed E-state index contributed by atoms with van der Waals surface area (Å²) in [5.41, 5.74) is 0.0326. The molecule has 3 nitrogen and oxygen atoms in total. The molecule has 0 unspecified atom stereocenters. The summed E-state index contributed by atoms with van der Waals surface area (Å²) in [6.45, 7) is 4.21. The van der Waals surface area contributed by atoms with Gasteiger partial charge in [-0.05, 0) is 45.2 Å². The molecule has 0 spiro atoms. The fourth-order valence-electron chi connectivity index (χ4n) is 2.20. The van der Waals surface area contributed by atoms with Crippen LogP contribution in [0.3, 0.4) is 0 Å². The fraction of sp³-hybridized carbons (Fsp3) is 0.909. The highest BCUT2D eigenvalue weighted by atomic mass is 16.2. The predicted octanol–water partition coefficient (Wildman–Crippen LogP) is 1.04. The summed E-state index contributed by atoms with van der Waals surface area (Å²) in [6, 6.07) is 0.424. The van der Waals surface area contributed by atoms with Crippen molar-refractivity contribution >= 4 is 5.91 Å². The number of hydrogen-bond donors (Lipinski definition) is 2. The van der Waals surface area contributed by atoms with Crippen LogP contribution in [-0.2, 0) is 4.79 Å². The minimum absolute atomic E-state index is 0.0326. The van der Waals surface area contributed by atoms with Gasteiger partial charge in [0.2, 0.25) is 5.91 Å². The normalized spacial score (nSPS) is 25.8. The van der Waals surface area contributed by atoms with E-state index in [1.165, 1.54) is 0 Å². The van der Waals surface area contributed by atoms with Crippen molar-refractivity contribution < 1.29 is 4.79 Å². The van der Waals surface area contributed by atoms with Crippen LogP contribution < -0.4 is 10.6 Å². The van der Waals surface area contributed by atoms with Crippen LogP contribution in [0.5, 0.6) is 0 Å². The lowest BCUT2D eigenvalue weighted by Crippen LogP contribution is -2.45. The Morgan fingerprint density at radius 1 is 1.43 bits per heavy atom. The third-order valence-electron chi connectivity index (χ3n) is 3.69. The van der Waals surface area contributed by atoms with Crippen molar-refractivity contribution in [2.24, 2.45) is 5.41 Å². The average Bonchev–Trinajstić information content (AvgIpc) is 3.00. The Bertz CT molecular complexity index is 217. The van der Waals surface area contributed by atoms with Crippen molar-refractivity contribution in [3.63, 3.8) is 0 Å². The summed E-state index contributed by atoms with van der Waals surface area (Å²) in [4.78, 5) is 11.9. The van der Waals surface area contributed by atoms with Crippen LogP contribution in [0.25, 0.3) is 0 Å². The van der Waals surface area contributed by atoms with Gasteiger partial charge in [0.15, 0.2) is 0 Å². The van der Waals surface area contributed by atoms with Crippen molar-refractivity contribution in [3.8, 4) is 0 Å². The van der Waals surface area contributed by atoms with Gasteiger partial charge in [-0.15, -0.1) is 0 Å². The predicted molar refractivity (Wildman–Crippen MR) is 56.0 cm³/mol. The number of nitrogens with one attached hydrogen (secondary N) is 2. The second kappa shape index (κ2) is 3.89. The lowest BCUT2D eigenvalue weighted by molar-refractivity contribution is -0.127. The monoisotopic (exact) mass is 196 g/mol. The second-order valence-corrected chi connectivity index (χ2v) is 4.63. The van der Waals surface area contributed by atoms with Gasteiger partial charge in [-0.2, -0.15) is 0 Å². The Morgan fingerprint density at radius 3 is 2.57 bits per heavy atom. The minimum Gasteiger partial charge on any atom is -0.353 e. The molecule has 80 valence electrons. The van der Waals surface area contributed by atoms with Crippen LogP contribution >= 0.6 is 0 Å². The average molecular weight is 196 g/mol. The molecule has 0 atom stereocenters. The van der Waals surface area contributed by atoms with Crippen LogP contribution in [0, 0.1) is 5.41 Å². The van der Waals surface area contributed by atoms with Crippen molar-refractivity contribution in [1.82, 2.24) is 10.6 Å². The molecule has 2 rings (SSSR count). The molecule has 3 heteroatoms. The topological polar surface area (TPSA) is 41.1 Å². The first-order valence-corrected chi connectivity index (χ1v) is 5.78. The van der Waals surface area contributed by atoms with Gasteiger partial charge in [0, 0.05) is 11.5 Å². The van der Waals surface area contributed by atoms with Gasteiger partial charge in [0.25, 0.3) is 0 Å². The van der Waals surface area contributed by atoms with Crippen molar-refractivity contribution in [1.29, 1.82) is 0 Å². The first-order valence-electron chi connectivity index (χ1n) is 5.78. The molecule has 2 N–H and O–H groups in total. The summed E-state index contributed by atoms with van der Waals surface area (Å²) < 4.78 is 0. The maximum Gasteiger partial charge on any atom is 0.226 e. The van der Waals surface area contributed by atoms with E-state index in [-0.39, 0.29) is 5.41 Å². The molecule has 1 saturated carbocycles. The summed E-state index contributed by atoms with van der Waals surface area (Å²) in [7, 11) is 0. The molecule has 0 radical (unpaired) electrons. The third kappa shape index (κ3) is 1.92. The van der Waals surface area contributed by atoms with Crippen molar-refractivity contribution in [2.45, 2.75) is 45.1 Å². The number of carbonyl (C=O) groups excluding carboxylic acids is 1. The van der Waals surface area contributed by atoms with Crippen molar-refractivity contribution in [3.05, 3.63) is 0 Å². The fourth-order valence-corrected chi connectivity index (χ4v) is 2.20. The van der Waals surface area contributed by atoms with E-state index in [0.717, 1.165) is 45.2 Å². The molecule has 1 heterocycles. The van der Waals surface area contributed by atoms with E-state index in [1.807, 2.05) is 0 Å². The molecule has 0 aromatic carbocycles. The highest BCUT2D eigenvalue weighted by Crippen LogP contribution is 2.48. The van der Waals surface area contributed by atoms with E-state index < -0.39 is 0 Å².